The first kappa shape index (κ1) is 18.3. The van der Waals surface area contributed by atoms with Gasteiger partial charge in [0, 0.05) is 16.7 Å². The molecule has 0 bridgehead atoms. The zero-order valence-electron chi connectivity index (χ0n) is 15.9. The number of fused-ring (bicyclic) bond motifs is 2. The normalized spacial score (nSPS) is 14.8. The summed E-state index contributed by atoms with van der Waals surface area (Å²) in [7, 11) is 0. The molecular weight excluding hydrogens is 382 g/mol. The predicted molar refractivity (Wildman–Crippen MR) is 108 cm³/mol. The highest BCUT2D eigenvalue weighted by atomic mass is 16.5. The number of ether oxygens (including phenoxy) is 1. The third-order valence-corrected chi connectivity index (χ3v) is 5.39. The summed E-state index contributed by atoms with van der Waals surface area (Å²) in [6.45, 7) is -0.0828. The minimum atomic E-state index is -1.56. The van der Waals surface area contributed by atoms with E-state index in [1.807, 2.05) is 48.5 Å². The van der Waals surface area contributed by atoms with E-state index < -0.39 is 11.5 Å². The number of nitrogens with one attached hydrogen (secondary N) is 1. The SMILES string of the molecule is O=C(NCC(O)(c1ccoc1)c1ccco1)C1c2ccccc2Oc2ccccc21. The van der Waals surface area contributed by atoms with Crippen molar-refractivity contribution in [2.45, 2.75) is 11.5 Å². The molecule has 150 valence electrons. The molecule has 5 rings (SSSR count). The van der Waals surface area contributed by atoms with Gasteiger partial charge < -0.3 is 24.0 Å². The summed E-state index contributed by atoms with van der Waals surface area (Å²) < 4.78 is 16.6. The Kier molecular flexibility index (Phi) is 4.41. The smallest absolute Gasteiger partial charge is 0.232 e. The molecule has 1 unspecified atom stereocenters. The van der Waals surface area contributed by atoms with Crippen LogP contribution < -0.4 is 10.1 Å². The average molecular weight is 401 g/mol. The fourth-order valence-corrected chi connectivity index (χ4v) is 3.85. The van der Waals surface area contributed by atoms with Gasteiger partial charge in [0.2, 0.25) is 5.91 Å². The molecule has 4 aromatic rings. The molecule has 0 spiro atoms. The topological polar surface area (TPSA) is 84.8 Å². The molecular formula is C24H19NO5. The predicted octanol–water partition coefficient (Wildman–Crippen LogP) is 4.16. The summed E-state index contributed by atoms with van der Waals surface area (Å²) in [6, 6.07) is 19.9. The fraction of sp³-hybridized carbons (Fsp3) is 0.125. The third-order valence-electron chi connectivity index (χ3n) is 5.39. The lowest BCUT2D eigenvalue weighted by atomic mass is 9.86. The molecule has 0 saturated carbocycles. The zero-order valence-corrected chi connectivity index (χ0v) is 15.9. The van der Waals surface area contributed by atoms with Crippen molar-refractivity contribution >= 4 is 5.91 Å². The summed E-state index contributed by atoms with van der Waals surface area (Å²) >= 11 is 0. The van der Waals surface area contributed by atoms with Crippen LogP contribution in [0, 0.1) is 0 Å². The molecule has 1 amide bonds. The molecule has 0 aliphatic carbocycles. The molecule has 1 aliphatic rings. The van der Waals surface area contributed by atoms with Crippen LogP contribution in [0.3, 0.4) is 0 Å². The molecule has 1 aliphatic heterocycles. The maximum atomic E-state index is 13.4. The molecule has 0 fully saturated rings. The quantitative estimate of drug-likeness (QED) is 0.525. The van der Waals surface area contributed by atoms with E-state index in [2.05, 4.69) is 5.32 Å². The molecule has 30 heavy (non-hydrogen) atoms. The van der Waals surface area contributed by atoms with Crippen LogP contribution in [-0.2, 0) is 10.4 Å². The number of benzene rings is 2. The molecule has 1 atom stereocenters. The number of carbonyl (C=O) groups excluding carboxylic acids is 1. The summed E-state index contributed by atoms with van der Waals surface area (Å²) in [5.41, 5.74) is 0.485. The maximum Gasteiger partial charge on any atom is 0.232 e. The van der Waals surface area contributed by atoms with E-state index >= 15 is 0 Å². The van der Waals surface area contributed by atoms with E-state index in [0.717, 1.165) is 11.1 Å². The first-order valence-corrected chi connectivity index (χ1v) is 9.59. The van der Waals surface area contributed by atoms with Crippen LogP contribution in [0.15, 0.2) is 94.4 Å². The fourth-order valence-electron chi connectivity index (χ4n) is 3.85. The van der Waals surface area contributed by atoms with E-state index in [1.54, 1.807) is 18.2 Å². The first-order valence-electron chi connectivity index (χ1n) is 9.59. The van der Waals surface area contributed by atoms with Gasteiger partial charge in [-0.1, -0.05) is 36.4 Å². The molecule has 3 heterocycles. The third kappa shape index (κ3) is 2.98. The van der Waals surface area contributed by atoms with Gasteiger partial charge in [-0.3, -0.25) is 4.79 Å². The number of hydrogen-bond donors (Lipinski definition) is 2. The average Bonchev–Trinajstić information content (AvgIpc) is 3.50. The Morgan fingerprint density at radius 1 is 0.933 bits per heavy atom. The number of para-hydroxylation sites is 2. The Morgan fingerprint density at radius 2 is 1.63 bits per heavy atom. The van der Waals surface area contributed by atoms with Gasteiger partial charge in [-0.2, -0.15) is 0 Å². The van der Waals surface area contributed by atoms with Crippen molar-refractivity contribution in [1.29, 1.82) is 0 Å². The largest absolute Gasteiger partial charge is 0.472 e. The molecule has 6 heteroatoms. The molecule has 6 nitrogen and oxygen atoms in total. The monoisotopic (exact) mass is 401 g/mol. The lowest BCUT2D eigenvalue weighted by Crippen LogP contribution is -2.43. The maximum absolute atomic E-state index is 13.4. The lowest BCUT2D eigenvalue weighted by Gasteiger charge is -2.29. The molecule has 0 saturated heterocycles. The second kappa shape index (κ2) is 7.24. The van der Waals surface area contributed by atoms with Crippen LogP contribution in [0.25, 0.3) is 0 Å². The highest BCUT2D eigenvalue weighted by molar-refractivity contribution is 5.89. The molecule has 2 N–H and O–H groups in total. The second-order valence-corrected chi connectivity index (χ2v) is 7.18. The number of hydrogen-bond acceptors (Lipinski definition) is 5. The van der Waals surface area contributed by atoms with Crippen LogP contribution in [0.1, 0.15) is 28.4 Å². The Hall–Kier alpha value is -3.77. The molecule has 0 radical (unpaired) electrons. The standard InChI is InChI=1S/C24H19NO5/c26-23(25-15-24(27,16-11-13-28-14-16)21-10-5-12-29-21)22-17-6-1-3-8-19(17)30-20-9-4-2-7-18(20)22/h1-14,22,27H,15H2,(H,25,26). The number of aliphatic hydroxyl groups is 1. The number of carbonyl (C=O) groups is 1. The summed E-state index contributed by atoms with van der Waals surface area (Å²) in [6.07, 6.45) is 4.39. The number of amides is 1. The van der Waals surface area contributed by atoms with Crippen LogP contribution >= 0.6 is 0 Å². The molecule has 2 aromatic carbocycles. The zero-order chi connectivity index (χ0) is 20.6. The van der Waals surface area contributed by atoms with Gasteiger partial charge in [0.05, 0.1) is 31.3 Å². The van der Waals surface area contributed by atoms with Gasteiger partial charge in [-0.25, -0.2) is 0 Å². The number of rotatable bonds is 5. The number of furan rings is 2. The minimum absolute atomic E-state index is 0.0828. The van der Waals surface area contributed by atoms with Gasteiger partial charge >= 0.3 is 0 Å². The van der Waals surface area contributed by atoms with E-state index in [1.165, 1.54) is 18.8 Å². The van der Waals surface area contributed by atoms with Gasteiger partial charge in [0.15, 0.2) is 5.60 Å². The van der Waals surface area contributed by atoms with Gasteiger partial charge in [-0.15, -0.1) is 0 Å². The van der Waals surface area contributed by atoms with Crippen molar-refractivity contribution in [3.05, 3.63) is 108 Å². The molecule has 2 aromatic heterocycles. The van der Waals surface area contributed by atoms with Crippen molar-refractivity contribution in [2.75, 3.05) is 6.54 Å². The van der Waals surface area contributed by atoms with E-state index in [9.17, 15) is 9.90 Å². The Labute approximate surface area is 172 Å². The first-order chi connectivity index (χ1) is 14.7. The van der Waals surface area contributed by atoms with E-state index in [-0.39, 0.29) is 12.5 Å². The Balaban J connectivity index is 1.47. The van der Waals surface area contributed by atoms with E-state index in [0.29, 0.717) is 22.8 Å². The van der Waals surface area contributed by atoms with Crippen LogP contribution in [0.5, 0.6) is 11.5 Å². The van der Waals surface area contributed by atoms with Crippen molar-refractivity contribution < 1.29 is 23.5 Å². The van der Waals surface area contributed by atoms with Crippen LogP contribution in [0.2, 0.25) is 0 Å². The Bertz CT molecular complexity index is 1080. The van der Waals surface area contributed by atoms with Gasteiger partial charge in [-0.05, 0) is 30.3 Å². The highest BCUT2D eigenvalue weighted by Gasteiger charge is 2.38. The van der Waals surface area contributed by atoms with E-state index in [4.69, 9.17) is 13.6 Å². The second-order valence-electron chi connectivity index (χ2n) is 7.18. The van der Waals surface area contributed by atoms with Gasteiger partial charge in [0.25, 0.3) is 0 Å². The van der Waals surface area contributed by atoms with Crippen molar-refractivity contribution in [3.8, 4) is 11.5 Å². The van der Waals surface area contributed by atoms with Crippen molar-refractivity contribution in [1.82, 2.24) is 5.32 Å². The summed E-state index contributed by atoms with van der Waals surface area (Å²) in [4.78, 5) is 13.4. The van der Waals surface area contributed by atoms with Crippen LogP contribution in [-0.4, -0.2) is 17.6 Å². The summed E-state index contributed by atoms with van der Waals surface area (Å²) in [5, 5.41) is 14.3. The highest BCUT2D eigenvalue weighted by Crippen LogP contribution is 2.44. The van der Waals surface area contributed by atoms with Crippen LogP contribution in [0.4, 0.5) is 0 Å². The minimum Gasteiger partial charge on any atom is -0.472 e. The lowest BCUT2D eigenvalue weighted by molar-refractivity contribution is -0.123. The Morgan fingerprint density at radius 3 is 2.23 bits per heavy atom. The van der Waals surface area contributed by atoms with Crippen molar-refractivity contribution in [3.63, 3.8) is 0 Å². The van der Waals surface area contributed by atoms with Gasteiger partial charge in [0.1, 0.15) is 17.3 Å². The summed E-state index contributed by atoms with van der Waals surface area (Å²) in [5.74, 6) is 0.806. The van der Waals surface area contributed by atoms with Crippen molar-refractivity contribution in [2.24, 2.45) is 0 Å².